The molecule has 0 atom stereocenters. The number of aliphatic imine (C=N–C) groups is 1. The molecule has 7 nitrogen and oxygen atoms in total. The Hall–Kier alpha value is -2.52. The summed E-state index contributed by atoms with van der Waals surface area (Å²) in [6, 6.07) is 9.77. The number of nitrogens with one attached hydrogen (secondary N) is 3. The molecule has 1 aliphatic carbocycles. The molecule has 1 saturated carbocycles. The van der Waals surface area contributed by atoms with Gasteiger partial charge in [0.25, 0.3) is 0 Å². The van der Waals surface area contributed by atoms with Crippen molar-refractivity contribution in [2.45, 2.75) is 30.1 Å². The van der Waals surface area contributed by atoms with Gasteiger partial charge in [-0.15, -0.1) is 0 Å². The highest BCUT2D eigenvalue weighted by molar-refractivity contribution is 7.89. The zero-order chi connectivity index (χ0) is 20.7. The van der Waals surface area contributed by atoms with Gasteiger partial charge in [0, 0.05) is 37.4 Å². The first-order chi connectivity index (χ1) is 14.0. The predicted octanol–water partition coefficient (Wildman–Crippen LogP) is 1.79. The van der Waals surface area contributed by atoms with E-state index >= 15 is 0 Å². The maximum atomic E-state index is 13.5. The number of benzene rings is 1. The number of pyridine rings is 1. The standard InChI is InChI=1S/C20H26FN5O2S/c1-2-23-19(24-11-12-26-29(27,28)18-7-4-10-22-14-18)25-15-20(8-9-20)16-5-3-6-17(21)13-16/h3-7,10,13-14,26H,2,8-9,11-12,15H2,1H3,(H2,23,24,25). The first-order valence-corrected chi connectivity index (χ1v) is 11.1. The third-order valence-corrected chi connectivity index (χ3v) is 6.28. The fourth-order valence-electron chi connectivity index (χ4n) is 3.04. The van der Waals surface area contributed by atoms with Crippen molar-refractivity contribution < 1.29 is 12.8 Å². The summed E-state index contributed by atoms with van der Waals surface area (Å²) >= 11 is 0. The van der Waals surface area contributed by atoms with Crippen LogP contribution in [-0.4, -0.2) is 45.5 Å². The number of nitrogens with zero attached hydrogens (tertiary/aromatic N) is 2. The van der Waals surface area contributed by atoms with Gasteiger partial charge in [0.2, 0.25) is 10.0 Å². The summed E-state index contributed by atoms with van der Waals surface area (Å²) in [7, 11) is -3.58. The molecular formula is C20H26FN5O2S. The van der Waals surface area contributed by atoms with Crippen molar-refractivity contribution in [3.63, 3.8) is 0 Å². The molecule has 9 heteroatoms. The summed E-state index contributed by atoms with van der Waals surface area (Å²) in [5.74, 6) is 0.374. The molecule has 0 spiro atoms. The second-order valence-electron chi connectivity index (χ2n) is 7.00. The van der Waals surface area contributed by atoms with Crippen LogP contribution in [0, 0.1) is 5.82 Å². The molecule has 1 fully saturated rings. The molecule has 1 aromatic carbocycles. The van der Waals surface area contributed by atoms with Gasteiger partial charge in [-0.2, -0.15) is 0 Å². The van der Waals surface area contributed by atoms with Crippen LogP contribution in [0.3, 0.4) is 0 Å². The summed E-state index contributed by atoms with van der Waals surface area (Å²) in [6.07, 6.45) is 4.79. The van der Waals surface area contributed by atoms with Crippen LogP contribution in [0.1, 0.15) is 25.3 Å². The van der Waals surface area contributed by atoms with E-state index in [0.717, 1.165) is 18.4 Å². The molecule has 156 valence electrons. The molecular weight excluding hydrogens is 393 g/mol. The number of hydrogen-bond acceptors (Lipinski definition) is 4. The molecule has 1 aliphatic rings. The Morgan fingerprint density at radius 3 is 2.69 bits per heavy atom. The molecule has 1 heterocycles. The molecule has 0 bridgehead atoms. The quantitative estimate of drug-likeness (QED) is 0.327. The lowest BCUT2D eigenvalue weighted by Gasteiger charge is -2.16. The highest BCUT2D eigenvalue weighted by Gasteiger charge is 2.44. The Morgan fingerprint density at radius 2 is 2.03 bits per heavy atom. The minimum Gasteiger partial charge on any atom is -0.357 e. The van der Waals surface area contributed by atoms with Crippen molar-refractivity contribution in [2.24, 2.45) is 4.99 Å². The third kappa shape index (κ3) is 5.74. The van der Waals surface area contributed by atoms with E-state index in [2.05, 4.69) is 25.3 Å². The molecule has 3 rings (SSSR count). The maximum Gasteiger partial charge on any atom is 0.242 e. The second kappa shape index (κ2) is 9.32. The van der Waals surface area contributed by atoms with Crippen LogP contribution < -0.4 is 15.4 Å². The zero-order valence-electron chi connectivity index (χ0n) is 16.4. The Balaban J connectivity index is 1.54. The lowest BCUT2D eigenvalue weighted by molar-refractivity contribution is 0.580. The van der Waals surface area contributed by atoms with Gasteiger partial charge in [-0.3, -0.25) is 9.98 Å². The van der Waals surface area contributed by atoms with Crippen LogP contribution in [-0.2, 0) is 15.4 Å². The highest BCUT2D eigenvalue weighted by Crippen LogP contribution is 2.48. The van der Waals surface area contributed by atoms with Crippen LogP contribution in [0.25, 0.3) is 0 Å². The van der Waals surface area contributed by atoms with Crippen LogP contribution in [0.2, 0.25) is 0 Å². The van der Waals surface area contributed by atoms with Gasteiger partial charge >= 0.3 is 0 Å². The fourth-order valence-corrected chi connectivity index (χ4v) is 4.03. The van der Waals surface area contributed by atoms with Crippen molar-refractivity contribution in [1.29, 1.82) is 0 Å². The summed E-state index contributed by atoms with van der Waals surface area (Å²) in [5.41, 5.74) is 0.869. The van der Waals surface area contributed by atoms with E-state index in [1.165, 1.54) is 24.5 Å². The van der Waals surface area contributed by atoms with E-state index in [4.69, 9.17) is 0 Å². The largest absolute Gasteiger partial charge is 0.357 e. The first kappa shape index (κ1) is 21.2. The fraction of sp³-hybridized carbons (Fsp3) is 0.400. The van der Waals surface area contributed by atoms with Gasteiger partial charge in [0.1, 0.15) is 10.7 Å². The van der Waals surface area contributed by atoms with Crippen LogP contribution >= 0.6 is 0 Å². The molecule has 29 heavy (non-hydrogen) atoms. The summed E-state index contributed by atoms with van der Waals surface area (Å²) in [6.45, 7) is 3.77. The molecule has 0 unspecified atom stereocenters. The molecule has 0 aliphatic heterocycles. The van der Waals surface area contributed by atoms with Crippen molar-refractivity contribution in [3.8, 4) is 0 Å². The molecule has 2 aromatic rings. The first-order valence-electron chi connectivity index (χ1n) is 9.63. The highest BCUT2D eigenvalue weighted by atomic mass is 32.2. The van der Waals surface area contributed by atoms with E-state index in [1.54, 1.807) is 18.2 Å². The van der Waals surface area contributed by atoms with E-state index in [0.29, 0.717) is 25.6 Å². The molecule has 0 saturated heterocycles. The summed E-state index contributed by atoms with van der Waals surface area (Å²) < 4.78 is 40.5. The number of hydrogen-bond donors (Lipinski definition) is 3. The average Bonchev–Trinajstić information content (AvgIpc) is 3.51. The Labute approximate surface area is 170 Å². The van der Waals surface area contributed by atoms with Crippen LogP contribution in [0.15, 0.2) is 58.7 Å². The SMILES string of the molecule is CCNC(=NCC1(c2cccc(F)c2)CC1)NCCNS(=O)(=O)c1cccnc1. The van der Waals surface area contributed by atoms with Gasteiger partial charge in [-0.05, 0) is 49.6 Å². The van der Waals surface area contributed by atoms with Gasteiger partial charge < -0.3 is 10.6 Å². The van der Waals surface area contributed by atoms with Crippen LogP contribution in [0.4, 0.5) is 4.39 Å². The zero-order valence-corrected chi connectivity index (χ0v) is 17.2. The van der Waals surface area contributed by atoms with Crippen LogP contribution in [0.5, 0.6) is 0 Å². The van der Waals surface area contributed by atoms with Crippen molar-refractivity contribution in [3.05, 3.63) is 60.2 Å². The number of sulfonamides is 1. The summed E-state index contributed by atoms with van der Waals surface area (Å²) in [4.78, 5) is 8.59. The van der Waals surface area contributed by atoms with Crippen molar-refractivity contribution >= 4 is 16.0 Å². The van der Waals surface area contributed by atoms with Gasteiger partial charge in [0.15, 0.2) is 5.96 Å². The average molecular weight is 420 g/mol. The third-order valence-electron chi connectivity index (χ3n) is 4.83. The van der Waals surface area contributed by atoms with Crippen molar-refractivity contribution in [1.82, 2.24) is 20.3 Å². The topological polar surface area (TPSA) is 95.5 Å². The number of aromatic nitrogens is 1. The Kier molecular flexibility index (Phi) is 6.81. The Morgan fingerprint density at radius 1 is 1.21 bits per heavy atom. The second-order valence-corrected chi connectivity index (χ2v) is 8.77. The predicted molar refractivity (Wildman–Crippen MR) is 111 cm³/mol. The molecule has 3 N–H and O–H groups in total. The molecule has 1 aromatic heterocycles. The summed E-state index contributed by atoms with van der Waals surface area (Å²) in [5, 5.41) is 6.28. The molecule has 0 radical (unpaired) electrons. The van der Waals surface area contributed by atoms with Gasteiger partial charge in [-0.1, -0.05) is 12.1 Å². The minimum absolute atomic E-state index is 0.105. The van der Waals surface area contributed by atoms with E-state index < -0.39 is 10.0 Å². The van der Waals surface area contributed by atoms with E-state index in [-0.39, 0.29) is 22.7 Å². The molecule has 0 amide bonds. The lowest BCUT2D eigenvalue weighted by atomic mass is 9.96. The smallest absolute Gasteiger partial charge is 0.242 e. The Bertz CT molecular complexity index is 946. The van der Waals surface area contributed by atoms with E-state index in [9.17, 15) is 12.8 Å². The number of halogens is 1. The lowest BCUT2D eigenvalue weighted by Crippen LogP contribution is -2.42. The van der Waals surface area contributed by atoms with Crippen molar-refractivity contribution in [2.75, 3.05) is 26.2 Å². The van der Waals surface area contributed by atoms with Gasteiger partial charge in [0.05, 0.1) is 6.54 Å². The monoisotopic (exact) mass is 419 g/mol. The maximum absolute atomic E-state index is 13.5. The van der Waals surface area contributed by atoms with E-state index in [1.807, 2.05) is 13.0 Å². The van der Waals surface area contributed by atoms with Gasteiger partial charge in [-0.25, -0.2) is 17.5 Å². The minimum atomic E-state index is -3.58. The normalized spacial score (nSPS) is 15.7. The number of rotatable bonds is 9. The number of guanidine groups is 1.